The van der Waals surface area contributed by atoms with E-state index in [0.29, 0.717) is 0 Å². The van der Waals surface area contributed by atoms with Crippen molar-refractivity contribution in [1.29, 1.82) is 0 Å². The fraction of sp³-hybridized carbons (Fsp3) is 0.125. The number of hydrogen-bond acceptors (Lipinski definition) is 2. The van der Waals surface area contributed by atoms with E-state index in [1.165, 1.54) is 10.2 Å². The molecule has 0 aliphatic carbocycles. The van der Waals surface area contributed by atoms with Crippen LogP contribution in [-0.2, 0) is 4.79 Å². The minimum atomic E-state index is -0.833. The lowest BCUT2D eigenvalue weighted by Crippen LogP contribution is -1.78. The summed E-state index contributed by atoms with van der Waals surface area (Å²) in [5.41, 5.74) is 1.25. The number of thiophene rings is 1. The molecule has 2 N–H and O–H groups in total. The van der Waals surface area contributed by atoms with Crippen LogP contribution in [0.1, 0.15) is 6.92 Å². The average Bonchev–Trinajstić information content (AvgIpc) is 2.40. The Morgan fingerprint density at radius 3 is 2.83 bits per heavy atom. The van der Waals surface area contributed by atoms with Gasteiger partial charge in [-0.1, -0.05) is 0 Å². The van der Waals surface area contributed by atoms with E-state index >= 15 is 0 Å². The maximum absolute atomic E-state index is 9.00. The molecule has 2 rings (SSSR count). The minimum absolute atomic E-state index is 0.833. The second kappa shape index (κ2) is 3.92. The summed E-state index contributed by atoms with van der Waals surface area (Å²) in [6.45, 7) is 1.08. The van der Waals surface area contributed by atoms with Crippen molar-refractivity contribution in [3.05, 3.63) is 23.7 Å². The van der Waals surface area contributed by atoms with Crippen molar-refractivity contribution in [1.82, 2.24) is 4.98 Å². The molecule has 2 aromatic rings. The summed E-state index contributed by atoms with van der Waals surface area (Å²) in [4.78, 5) is 12.1. The highest BCUT2D eigenvalue weighted by Crippen LogP contribution is 2.17. The summed E-state index contributed by atoms with van der Waals surface area (Å²) >= 11 is 1.76. The molecule has 0 unspecified atom stereocenters. The lowest BCUT2D eigenvalue weighted by atomic mass is 10.5. The van der Waals surface area contributed by atoms with Gasteiger partial charge in [0.1, 0.15) is 0 Å². The number of rotatable bonds is 0. The van der Waals surface area contributed by atoms with Gasteiger partial charge in [-0.2, -0.15) is 0 Å². The Hall–Kier alpha value is -1.29. The summed E-state index contributed by atoms with van der Waals surface area (Å²) in [6.07, 6.45) is 1.96. The van der Waals surface area contributed by atoms with Gasteiger partial charge in [-0.05, 0) is 17.5 Å². The van der Waals surface area contributed by atoms with Crippen LogP contribution in [0.15, 0.2) is 23.7 Å². The number of fused-ring (bicyclic) bond motifs is 1. The van der Waals surface area contributed by atoms with E-state index in [4.69, 9.17) is 9.90 Å². The van der Waals surface area contributed by atoms with E-state index in [2.05, 4.69) is 22.5 Å². The largest absolute Gasteiger partial charge is 0.481 e. The predicted molar refractivity (Wildman–Crippen MR) is 49.5 cm³/mol. The Labute approximate surface area is 73.7 Å². The first kappa shape index (κ1) is 8.80. The third-order valence-corrected chi connectivity index (χ3v) is 2.05. The molecule has 0 aromatic carbocycles. The van der Waals surface area contributed by atoms with Gasteiger partial charge in [-0.25, -0.2) is 0 Å². The van der Waals surface area contributed by atoms with Gasteiger partial charge in [0.05, 0.1) is 10.2 Å². The number of carboxylic acid groups (broad SMARTS) is 1. The van der Waals surface area contributed by atoms with Gasteiger partial charge < -0.3 is 10.1 Å². The molecule has 0 aliphatic heterocycles. The maximum Gasteiger partial charge on any atom is 0.300 e. The van der Waals surface area contributed by atoms with E-state index in [9.17, 15) is 0 Å². The average molecular weight is 183 g/mol. The van der Waals surface area contributed by atoms with Crippen LogP contribution in [0.2, 0.25) is 0 Å². The molecule has 0 bridgehead atoms. The highest BCUT2D eigenvalue weighted by atomic mass is 32.1. The molecule has 0 saturated carbocycles. The zero-order chi connectivity index (χ0) is 8.97. The van der Waals surface area contributed by atoms with Crippen molar-refractivity contribution in [2.45, 2.75) is 6.92 Å². The number of aliphatic carboxylic acids is 1. The normalized spacial score (nSPS) is 9.08. The van der Waals surface area contributed by atoms with Crippen LogP contribution in [0, 0.1) is 0 Å². The fourth-order valence-corrected chi connectivity index (χ4v) is 1.53. The topological polar surface area (TPSA) is 53.1 Å². The SMILES string of the molecule is CC(=O)O.c1cc2sccc2[nH]1. The molecule has 2 heterocycles. The quantitative estimate of drug-likeness (QED) is 0.658. The third-order valence-electron chi connectivity index (χ3n) is 1.17. The third kappa shape index (κ3) is 2.39. The molecule has 0 fully saturated rings. The monoisotopic (exact) mass is 183 g/mol. The zero-order valence-corrected chi connectivity index (χ0v) is 7.39. The summed E-state index contributed by atoms with van der Waals surface area (Å²) < 4.78 is 1.34. The van der Waals surface area contributed by atoms with Crippen molar-refractivity contribution in [3.63, 3.8) is 0 Å². The van der Waals surface area contributed by atoms with Gasteiger partial charge in [-0.3, -0.25) is 4.79 Å². The molecule has 2 aromatic heterocycles. The molecule has 0 amide bonds. The molecule has 3 nitrogen and oxygen atoms in total. The van der Waals surface area contributed by atoms with Gasteiger partial charge >= 0.3 is 0 Å². The van der Waals surface area contributed by atoms with Crippen molar-refractivity contribution in [2.24, 2.45) is 0 Å². The van der Waals surface area contributed by atoms with Crippen molar-refractivity contribution in [2.75, 3.05) is 0 Å². The van der Waals surface area contributed by atoms with Crippen LogP contribution in [0.3, 0.4) is 0 Å². The maximum atomic E-state index is 9.00. The number of aromatic nitrogens is 1. The van der Waals surface area contributed by atoms with Crippen LogP contribution >= 0.6 is 11.3 Å². The highest BCUT2D eigenvalue weighted by molar-refractivity contribution is 7.17. The van der Waals surface area contributed by atoms with E-state index in [1.54, 1.807) is 11.3 Å². The number of aromatic amines is 1. The number of carbonyl (C=O) groups is 1. The Balaban J connectivity index is 0.000000157. The Morgan fingerprint density at radius 1 is 1.58 bits per heavy atom. The van der Waals surface area contributed by atoms with Gasteiger partial charge in [0, 0.05) is 13.1 Å². The van der Waals surface area contributed by atoms with E-state index in [0.717, 1.165) is 6.92 Å². The van der Waals surface area contributed by atoms with E-state index in [1.807, 2.05) is 6.20 Å². The molecule has 0 spiro atoms. The van der Waals surface area contributed by atoms with Crippen molar-refractivity contribution >= 4 is 27.5 Å². The van der Waals surface area contributed by atoms with Crippen molar-refractivity contribution < 1.29 is 9.90 Å². The lowest BCUT2D eigenvalue weighted by Gasteiger charge is -1.66. The van der Waals surface area contributed by atoms with Gasteiger partial charge in [0.2, 0.25) is 0 Å². The number of nitrogens with one attached hydrogen (secondary N) is 1. The van der Waals surface area contributed by atoms with Crippen LogP contribution < -0.4 is 0 Å². The van der Waals surface area contributed by atoms with Gasteiger partial charge in [-0.15, -0.1) is 11.3 Å². The molecule has 0 atom stereocenters. The first-order valence-electron chi connectivity index (χ1n) is 3.40. The Bertz CT molecular complexity index is 308. The van der Waals surface area contributed by atoms with E-state index in [-0.39, 0.29) is 0 Å². The number of H-pyrrole nitrogens is 1. The molecule has 12 heavy (non-hydrogen) atoms. The Morgan fingerprint density at radius 2 is 2.25 bits per heavy atom. The van der Waals surface area contributed by atoms with Crippen LogP contribution in [0.25, 0.3) is 10.2 Å². The second-order valence-corrected chi connectivity index (χ2v) is 3.14. The predicted octanol–water partition coefficient (Wildman–Crippen LogP) is 2.32. The summed E-state index contributed by atoms with van der Waals surface area (Å²) in [7, 11) is 0. The molecule has 0 saturated heterocycles. The Kier molecular flexibility index (Phi) is 2.88. The van der Waals surface area contributed by atoms with Crippen molar-refractivity contribution in [3.8, 4) is 0 Å². The molecular formula is C8H9NO2S. The van der Waals surface area contributed by atoms with Crippen LogP contribution in [-0.4, -0.2) is 16.1 Å². The standard InChI is InChI=1S/C6H5NS.C2H4O2/c1-3-7-5-2-4-8-6(1)5;1-2(3)4/h1-4,7H;1H3,(H,3,4). The highest BCUT2D eigenvalue weighted by Gasteiger charge is 1.89. The minimum Gasteiger partial charge on any atom is -0.481 e. The summed E-state index contributed by atoms with van der Waals surface area (Å²) in [5, 5.41) is 9.50. The number of carboxylic acids is 1. The molecule has 64 valence electrons. The molecule has 0 radical (unpaired) electrons. The summed E-state index contributed by atoms with van der Waals surface area (Å²) in [5.74, 6) is -0.833. The van der Waals surface area contributed by atoms with Gasteiger partial charge in [0.15, 0.2) is 0 Å². The smallest absolute Gasteiger partial charge is 0.300 e. The lowest BCUT2D eigenvalue weighted by molar-refractivity contribution is -0.134. The molecule has 4 heteroatoms. The van der Waals surface area contributed by atoms with E-state index < -0.39 is 5.97 Å². The van der Waals surface area contributed by atoms with Crippen LogP contribution in [0.4, 0.5) is 0 Å². The molecular weight excluding hydrogens is 174 g/mol. The molecule has 0 aliphatic rings. The first-order valence-corrected chi connectivity index (χ1v) is 4.28. The second-order valence-electron chi connectivity index (χ2n) is 2.20. The fourth-order valence-electron chi connectivity index (χ4n) is 0.776. The van der Waals surface area contributed by atoms with Crippen LogP contribution in [0.5, 0.6) is 0 Å². The zero-order valence-electron chi connectivity index (χ0n) is 6.57. The number of hydrogen-bond donors (Lipinski definition) is 2. The summed E-state index contributed by atoms with van der Waals surface area (Å²) in [6, 6.07) is 4.17. The first-order chi connectivity index (χ1) is 5.70. The van der Waals surface area contributed by atoms with Gasteiger partial charge in [0.25, 0.3) is 5.97 Å².